The van der Waals surface area contributed by atoms with Crippen molar-refractivity contribution in [3.63, 3.8) is 0 Å². The number of nitrogens with two attached hydrogens (primary N) is 2. The molecule has 3 fully saturated rings. The first kappa shape index (κ1) is 102. The van der Waals surface area contributed by atoms with Crippen molar-refractivity contribution in [3.05, 3.63) is 281 Å². The van der Waals surface area contributed by atoms with Crippen LogP contribution in [0.5, 0.6) is 11.5 Å². The van der Waals surface area contributed by atoms with Gasteiger partial charge in [-0.3, -0.25) is 54.8 Å². The molecule has 3 saturated carbocycles. The van der Waals surface area contributed by atoms with Crippen LogP contribution >= 0.6 is 0 Å². The monoisotopic (exact) mass is 1840 g/mol. The Morgan fingerprint density at radius 2 is 0.785 bits per heavy atom. The van der Waals surface area contributed by atoms with Gasteiger partial charge in [0.1, 0.15) is 23.2 Å². The topological polar surface area (TPSA) is 355 Å². The molecule has 3 aliphatic carbocycles. The van der Waals surface area contributed by atoms with Gasteiger partial charge in [0.25, 0.3) is 0 Å². The zero-order chi connectivity index (χ0) is 95.2. The average Bonchev–Trinajstić information content (AvgIpc) is 1.52. The van der Waals surface area contributed by atoms with Crippen molar-refractivity contribution in [2.24, 2.45) is 5.73 Å². The zero-order valence-electron chi connectivity index (χ0n) is 70.8. The Labute approximate surface area is 736 Å². The SMILES string of the molecule is CN1CCc2cc(N)c(OC3CC3)cc2C1.CN1CCc2cc([N+](=O)[O-])c(F)cc2C1.CN1CCc2cc([N+](=O)[O-])c(OC3CC3)cc2C1.NCCc1ccc(F)cc1.O=C(N1CCc2cc([N+](=O)[O-])c(F)cc2C1)C(F)(F)F.O=C(N1CCc2ccc(F)cc2C1)C(F)(F)F.O=C(NCCc1ccc(F)cc1)C(F)(F)F.O=[N+]([O-])c1cc2c(cc1F)CNCC2.OC1CC1. The van der Waals surface area contributed by atoms with Gasteiger partial charge in [-0.25, -0.2) is 13.2 Å². The van der Waals surface area contributed by atoms with Gasteiger partial charge in [0, 0.05) is 103 Å². The Bertz CT molecular complexity index is 5320. The summed E-state index contributed by atoms with van der Waals surface area (Å²) in [6.45, 7) is 6.49. The smallest absolute Gasteiger partial charge is 0.471 e. The second-order valence-corrected chi connectivity index (χ2v) is 31.9. The summed E-state index contributed by atoms with van der Waals surface area (Å²) in [6.07, 6.45) is -2.78. The largest absolute Gasteiger partial charge is 0.488 e. The van der Waals surface area contributed by atoms with E-state index >= 15 is 0 Å². The molecule has 0 aromatic heterocycles. The van der Waals surface area contributed by atoms with E-state index in [9.17, 15) is 121 Å². The highest BCUT2D eigenvalue weighted by molar-refractivity contribution is 5.83. The second-order valence-electron chi connectivity index (χ2n) is 31.9. The van der Waals surface area contributed by atoms with Crippen molar-refractivity contribution >= 4 is 46.2 Å². The van der Waals surface area contributed by atoms with E-state index in [1.807, 2.05) is 13.1 Å². The van der Waals surface area contributed by atoms with E-state index in [1.165, 1.54) is 96.8 Å². The third-order valence-corrected chi connectivity index (χ3v) is 21.4. The van der Waals surface area contributed by atoms with Gasteiger partial charge < -0.3 is 61.2 Å². The summed E-state index contributed by atoms with van der Waals surface area (Å²) in [6, 6.07) is 30.5. The number of nitrogen functional groups attached to an aromatic ring is 1. The van der Waals surface area contributed by atoms with Gasteiger partial charge in [0.15, 0.2) is 5.75 Å². The first-order valence-corrected chi connectivity index (χ1v) is 41.2. The molecule has 42 heteroatoms. The minimum Gasteiger partial charge on any atom is -0.488 e. The minimum absolute atomic E-state index is 0.0109. The normalized spacial score (nSPS) is 16.0. The second kappa shape index (κ2) is 45.9. The Kier molecular flexibility index (Phi) is 35.9. The van der Waals surface area contributed by atoms with Gasteiger partial charge in [0.05, 0.1) is 43.7 Å². The Morgan fingerprint density at radius 1 is 0.431 bits per heavy atom. The molecule has 8 aromatic rings. The first-order chi connectivity index (χ1) is 61.3. The lowest BCUT2D eigenvalue weighted by atomic mass is 9.98. The van der Waals surface area contributed by atoms with Crippen molar-refractivity contribution in [3.8, 4) is 11.5 Å². The number of carbonyl (C=O) groups is 3. The number of carbonyl (C=O) groups excluding carboxylic acids is 3. The van der Waals surface area contributed by atoms with Crippen molar-refractivity contribution in [1.82, 2.24) is 35.1 Å². The number of amides is 3. The summed E-state index contributed by atoms with van der Waals surface area (Å²) in [5.74, 6) is -8.24. The fourth-order valence-corrected chi connectivity index (χ4v) is 13.9. The highest BCUT2D eigenvalue weighted by atomic mass is 19.4. The third kappa shape index (κ3) is 31.3. The summed E-state index contributed by atoms with van der Waals surface area (Å²) in [5.41, 5.74) is 22.6. The summed E-state index contributed by atoms with van der Waals surface area (Å²) in [4.78, 5) is 80.4. The molecular weight excluding hydrogens is 1750 g/mol. The van der Waals surface area contributed by atoms with E-state index in [1.54, 1.807) is 29.6 Å². The summed E-state index contributed by atoms with van der Waals surface area (Å²) < 4.78 is 198. The number of likely N-dealkylation sites (N-methyl/N-ethyl adjacent to an activating group) is 3. The number of aliphatic hydroxyl groups excluding tert-OH is 1. The molecule has 0 atom stereocenters. The minimum atomic E-state index is -4.99. The molecule has 0 bridgehead atoms. The van der Waals surface area contributed by atoms with E-state index in [0.717, 1.165) is 165 Å². The molecule has 7 N–H and O–H groups in total. The summed E-state index contributed by atoms with van der Waals surface area (Å²) >= 11 is 0. The fraction of sp³-hybridized carbons (Fsp3) is 0.420. The van der Waals surface area contributed by atoms with Gasteiger partial charge in [-0.15, -0.1) is 0 Å². The molecule has 27 nitrogen and oxygen atoms in total. The first-order valence-electron chi connectivity index (χ1n) is 41.2. The van der Waals surface area contributed by atoms with E-state index in [-0.39, 0.29) is 73.2 Å². The highest BCUT2D eigenvalue weighted by Crippen LogP contribution is 2.39. The molecule has 8 aromatic carbocycles. The number of alkyl halides is 9. The Morgan fingerprint density at radius 3 is 1.19 bits per heavy atom. The molecule has 130 heavy (non-hydrogen) atoms. The average molecular weight is 1840 g/mol. The van der Waals surface area contributed by atoms with Crippen LogP contribution in [0.4, 0.5) is 94.3 Å². The summed E-state index contributed by atoms with van der Waals surface area (Å²) in [5, 5.41) is 55.6. The number of nitrogens with one attached hydrogen (secondary N) is 2. The lowest BCUT2D eigenvalue weighted by Crippen LogP contribution is -2.43. The van der Waals surface area contributed by atoms with Crippen molar-refractivity contribution in [2.75, 3.05) is 79.2 Å². The molecular formula is C88H96F15N13O14. The lowest BCUT2D eigenvalue weighted by Gasteiger charge is -2.29. The molecule has 6 heterocycles. The molecule has 6 aliphatic heterocycles. The van der Waals surface area contributed by atoms with E-state index in [4.69, 9.17) is 26.0 Å². The van der Waals surface area contributed by atoms with Gasteiger partial charge >= 0.3 is 59.0 Å². The molecule has 3 amide bonds. The van der Waals surface area contributed by atoms with Gasteiger partial charge in [-0.2, -0.15) is 52.7 Å². The van der Waals surface area contributed by atoms with Crippen LogP contribution in [0, 0.1) is 75.4 Å². The third-order valence-electron chi connectivity index (χ3n) is 21.4. The van der Waals surface area contributed by atoms with Crippen LogP contribution < -0.4 is 31.6 Å². The number of rotatable bonds is 13. The molecule has 0 saturated heterocycles. The highest BCUT2D eigenvalue weighted by Gasteiger charge is 2.45. The van der Waals surface area contributed by atoms with Gasteiger partial charge in [-0.05, 0) is 275 Å². The van der Waals surface area contributed by atoms with Gasteiger partial charge in [-0.1, -0.05) is 30.3 Å². The predicted octanol–water partition coefficient (Wildman–Crippen LogP) is 15.0. The fourth-order valence-electron chi connectivity index (χ4n) is 13.9. The summed E-state index contributed by atoms with van der Waals surface area (Å²) in [7, 11) is 6.16. The maximum Gasteiger partial charge on any atom is 0.471 e. The quantitative estimate of drug-likeness (QED) is 0.0310. The van der Waals surface area contributed by atoms with E-state index < -0.39 is 104 Å². The molecule has 17 rings (SSSR count). The van der Waals surface area contributed by atoms with Crippen LogP contribution in [0.25, 0.3) is 0 Å². The molecule has 0 unspecified atom stereocenters. The number of nitro benzene ring substituents is 4. The maximum absolute atomic E-state index is 13.4. The number of anilines is 1. The van der Waals surface area contributed by atoms with Crippen molar-refractivity contribution in [2.45, 2.75) is 166 Å². The maximum atomic E-state index is 13.4. The van der Waals surface area contributed by atoms with Crippen LogP contribution in [-0.2, 0) is 105 Å². The molecule has 702 valence electrons. The van der Waals surface area contributed by atoms with Crippen LogP contribution in [0.3, 0.4) is 0 Å². The van der Waals surface area contributed by atoms with Crippen LogP contribution in [0.1, 0.15) is 116 Å². The van der Waals surface area contributed by atoms with Crippen LogP contribution in [-0.4, -0.2) is 177 Å². The number of hydrogen-bond acceptors (Lipinski definition) is 20. The standard InChI is InChI=1S/C13H16N2O3.C13H18N2O.C11H8F4N2O3.C11H9F4NO.C10H9F4NO.C10H11FN2O2.C9H9FN2O2.C8H10FN.C3H6O/c1-14-5-4-9-6-12(15(16)17)13(7-10(9)8-14)18-11-2-3-11;1-15-5-4-9-6-12(14)13(7-10(9)8-15)16-11-2-3-11;12-8-3-7-5-16(10(18)11(13,14)15)2-1-6(7)4-9(8)17(19)20;12-9-2-1-7-3-4-16(6-8(7)5-9)10(17)11(13,14)15;11-8-3-1-7(2-4-8)5-6-15-9(16)10(12,13)14;1-12-3-2-7-5-10(13(14)15)9(11)4-8(7)6-12;10-8-3-7-5-11-2-1-6(7)4-9(8)12(13)14;9-8-3-1-7(2-4-8)5-6-10;4-3-1-2-3/h6-7,11H,2-5,8H2,1H3;6-7,11H,2-5,8,14H2,1H3;3-4H,1-2,5H2;1-2,5H,3-4,6H2;1-4H,5-6H2,(H,15,16);4-5H,2-3,6H2,1H3;3-4,11H,1-2,5H2;1-4H,5-6,10H2;3-4H,1-2H2. The number of ether oxygens (including phenoxy) is 2. The van der Waals surface area contributed by atoms with E-state index in [0.29, 0.717) is 64.4 Å². The number of aliphatic hydroxyl groups is 1. The Hall–Kier alpha value is -12.1. The van der Waals surface area contributed by atoms with Crippen LogP contribution in [0.15, 0.2) is 127 Å². The zero-order valence-corrected chi connectivity index (χ0v) is 70.8. The number of hydrogen-bond donors (Lipinski definition) is 5. The van der Waals surface area contributed by atoms with Crippen LogP contribution in [0.2, 0.25) is 0 Å². The molecule has 0 radical (unpaired) electrons. The number of benzene rings is 8. The Balaban J connectivity index is 0.000000167. The van der Waals surface area contributed by atoms with E-state index in [2.05, 4.69) is 46.2 Å². The number of halogens is 15. The molecule has 9 aliphatic rings. The molecule has 0 spiro atoms. The van der Waals surface area contributed by atoms with Crippen molar-refractivity contribution in [1.29, 1.82) is 0 Å². The number of fused-ring (bicyclic) bond motifs is 6. The van der Waals surface area contributed by atoms with Gasteiger partial charge in [0.2, 0.25) is 17.5 Å². The number of nitrogens with zero attached hydrogens (tertiary/aromatic N) is 9. The van der Waals surface area contributed by atoms with Crippen molar-refractivity contribution < 1.29 is 115 Å². The predicted molar refractivity (Wildman–Crippen MR) is 446 cm³/mol. The number of nitro groups is 4. The lowest BCUT2D eigenvalue weighted by molar-refractivity contribution is -0.387.